The number of carbonyl (C=O) groups excluding carboxylic acids is 1. The molecule has 1 amide bonds. The molecule has 134 valence electrons. The Hall–Kier alpha value is -3.09. The first kappa shape index (κ1) is 16.4. The van der Waals surface area contributed by atoms with E-state index >= 15 is 0 Å². The zero-order chi connectivity index (χ0) is 18.1. The van der Waals surface area contributed by atoms with E-state index in [2.05, 4.69) is 15.5 Å². The number of nitrogens with zero attached hydrogens (tertiary/aromatic N) is 1. The number of nitrogens with one attached hydrogen (secondary N) is 2. The summed E-state index contributed by atoms with van der Waals surface area (Å²) in [5.41, 5.74) is 2.76. The molecule has 1 atom stereocenters. The summed E-state index contributed by atoms with van der Waals surface area (Å²) in [6.07, 6.45) is 5.59. The number of benzene rings is 1. The molecule has 0 spiro atoms. The molecule has 7 heteroatoms. The van der Waals surface area contributed by atoms with E-state index in [0.29, 0.717) is 36.6 Å². The number of halogens is 1. The molecule has 2 N–H and O–H groups in total. The minimum absolute atomic E-state index is 0.435. The van der Waals surface area contributed by atoms with Gasteiger partial charge in [-0.1, -0.05) is 0 Å². The van der Waals surface area contributed by atoms with Crippen LogP contribution in [-0.2, 0) is 4.74 Å². The largest absolute Gasteiger partial charge is 0.493 e. The molecule has 1 aromatic heterocycles. The highest BCUT2D eigenvalue weighted by Crippen LogP contribution is 2.34. The number of H-pyrrole nitrogens is 1. The Morgan fingerprint density at radius 3 is 3.04 bits per heavy atom. The Kier molecular flexibility index (Phi) is 4.20. The van der Waals surface area contributed by atoms with Crippen molar-refractivity contribution in [3.8, 4) is 5.75 Å². The Bertz CT molecular complexity index is 958. The number of aromatic nitrogens is 2. The topological polar surface area (TPSA) is 76.2 Å². The predicted molar refractivity (Wildman–Crippen MR) is 96.4 cm³/mol. The fourth-order valence-electron chi connectivity index (χ4n) is 3.06. The van der Waals surface area contributed by atoms with Crippen LogP contribution in [0.25, 0.3) is 23.1 Å². The standard InChI is InChI=1S/C19H18FN3O3/c1-11-12-9-13(20)3-4-15-18-14(10-12)17(6-5-16(18)23-22-15)25-8-2-7-21-19(24)26-11/h3-6,9-11H,2,7-8H2,1H3,(H,21,24)(H,22,23)/t11-/m1/s1. The zero-order valence-corrected chi connectivity index (χ0v) is 14.2. The van der Waals surface area contributed by atoms with E-state index in [1.54, 1.807) is 19.1 Å². The van der Waals surface area contributed by atoms with Crippen LogP contribution in [0.3, 0.4) is 0 Å². The van der Waals surface area contributed by atoms with Crippen molar-refractivity contribution in [2.75, 3.05) is 13.2 Å². The maximum Gasteiger partial charge on any atom is 0.407 e. The molecule has 0 fully saturated rings. The lowest BCUT2D eigenvalue weighted by Gasteiger charge is -2.18. The van der Waals surface area contributed by atoms with E-state index in [4.69, 9.17) is 9.47 Å². The number of carbonyl (C=O) groups is 1. The number of amides is 1. The lowest BCUT2D eigenvalue weighted by molar-refractivity contribution is 0.123. The Morgan fingerprint density at radius 2 is 2.15 bits per heavy atom. The van der Waals surface area contributed by atoms with Gasteiger partial charge in [0.15, 0.2) is 0 Å². The summed E-state index contributed by atoms with van der Waals surface area (Å²) in [5, 5.41) is 10.7. The average molecular weight is 355 g/mol. The summed E-state index contributed by atoms with van der Waals surface area (Å²) >= 11 is 0. The lowest BCUT2D eigenvalue weighted by atomic mass is 10.0. The molecular weight excluding hydrogens is 337 g/mol. The van der Waals surface area contributed by atoms with Gasteiger partial charge in [0.05, 0.1) is 17.8 Å². The van der Waals surface area contributed by atoms with Crippen molar-refractivity contribution in [1.29, 1.82) is 0 Å². The second kappa shape index (κ2) is 6.67. The van der Waals surface area contributed by atoms with Crippen LogP contribution in [0.1, 0.15) is 24.6 Å². The molecule has 6 nitrogen and oxygen atoms in total. The summed E-state index contributed by atoms with van der Waals surface area (Å²) in [4.78, 5) is 11.9. The first-order chi connectivity index (χ1) is 12.6. The van der Waals surface area contributed by atoms with Gasteiger partial charge in [0.1, 0.15) is 17.7 Å². The molecule has 1 aromatic carbocycles. The molecule has 2 heterocycles. The van der Waals surface area contributed by atoms with Gasteiger partial charge < -0.3 is 14.8 Å². The number of hydrogen-bond donors (Lipinski definition) is 2. The van der Waals surface area contributed by atoms with E-state index < -0.39 is 18.0 Å². The third kappa shape index (κ3) is 3.08. The monoisotopic (exact) mass is 355 g/mol. The average Bonchev–Trinajstić information content (AvgIpc) is 3.04. The van der Waals surface area contributed by atoms with Crippen LogP contribution < -0.4 is 10.1 Å². The van der Waals surface area contributed by atoms with E-state index in [1.165, 1.54) is 12.2 Å². The predicted octanol–water partition coefficient (Wildman–Crippen LogP) is 3.72. The quantitative estimate of drug-likeness (QED) is 0.755. The highest BCUT2D eigenvalue weighted by Gasteiger charge is 2.19. The fourth-order valence-corrected chi connectivity index (χ4v) is 3.06. The number of allylic oxidation sites excluding steroid dienone is 2. The van der Waals surface area contributed by atoms with E-state index in [0.717, 1.165) is 16.5 Å². The van der Waals surface area contributed by atoms with Crippen LogP contribution >= 0.6 is 0 Å². The SMILES string of the molecule is C[C@H]1OC(=O)NCCCOc2ccc3[nH]nc4c3c2C=C1C=C(F)C=C4. The van der Waals surface area contributed by atoms with Crippen molar-refractivity contribution < 1.29 is 18.7 Å². The van der Waals surface area contributed by atoms with Crippen molar-refractivity contribution in [3.05, 3.63) is 46.9 Å². The van der Waals surface area contributed by atoms with Gasteiger partial charge in [-0.05, 0) is 55.4 Å². The fraction of sp³-hybridized carbons (Fsp3) is 0.263. The maximum atomic E-state index is 14.3. The molecular formula is C19H18FN3O3. The molecule has 1 aliphatic carbocycles. The summed E-state index contributed by atoms with van der Waals surface area (Å²) < 4.78 is 25.6. The van der Waals surface area contributed by atoms with Gasteiger partial charge in [0, 0.05) is 17.5 Å². The first-order valence-corrected chi connectivity index (χ1v) is 8.47. The normalized spacial score (nSPS) is 20.4. The van der Waals surface area contributed by atoms with Crippen molar-refractivity contribution in [2.45, 2.75) is 19.4 Å². The van der Waals surface area contributed by atoms with Gasteiger partial charge in [-0.3, -0.25) is 5.10 Å². The molecule has 2 aromatic rings. The van der Waals surface area contributed by atoms with Crippen LogP contribution in [0.5, 0.6) is 5.75 Å². The maximum absolute atomic E-state index is 14.3. The molecule has 2 bridgehead atoms. The van der Waals surface area contributed by atoms with E-state index in [1.807, 2.05) is 12.1 Å². The highest BCUT2D eigenvalue weighted by molar-refractivity contribution is 5.97. The summed E-state index contributed by atoms with van der Waals surface area (Å²) in [7, 11) is 0. The van der Waals surface area contributed by atoms with Crippen LogP contribution in [-0.4, -0.2) is 35.5 Å². The molecule has 26 heavy (non-hydrogen) atoms. The molecule has 0 saturated carbocycles. The number of hydrogen-bond acceptors (Lipinski definition) is 4. The zero-order valence-electron chi connectivity index (χ0n) is 14.2. The van der Waals surface area contributed by atoms with Crippen LogP contribution in [0.2, 0.25) is 0 Å². The van der Waals surface area contributed by atoms with Crippen LogP contribution in [0.4, 0.5) is 9.18 Å². The smallest absolute Gasteiger partial charge is 0.407 e. The molecule has 0 saturated heterocycles. The second-order valence-corrected chi connectivity index (χ2v) is 6.19. The number of cyclic esters (lactones) is 1. The van der Waals surface area contributed by atoms with Gasteiger partial charge in [-0.2, -0.15) is 5.10 Å². The minimum Gasteiger partial charge on any atom is -0.493 e. The third-order valence-corrected chi connectivity index (χ3v) is 4.38. The summed E-state index contributed by atoms with van der Waals surface area (Å²) in [5.74, 6) is 0.228. The van der Waals surface area contributed by atoms with E-state index in [-0.39, 0.29) is 0 Å². The van der Waals surface area contributed by atoms with Gasteiger partial charge >= 0.3 is 6.09 Å². The van der Waals surface area contributed by atoms with Crippen molar-refractivity contribution >= 4 is 29.1 Å². The number of ether oxygens (including phenoxy) is 2. The highest BCUT2D eigenvalue weighted by atomic mass is 19.1. The minimum atomic E-state index is -0.634. The molecule has 0 unspecified atom stereocenters. The molecule has 0 radical (unpaired) electrons. The molecule has 4 rings (SSSR count). The van der Waals surface area contributed by atoms with E-state index in [9.17, 15) is 9.18 Å². The lowest BCUT2D eigenvalue weighted by Crippen LogP contribution is -2.30. The van der Waals surface area contributed by atoms with Gasteiger partial charge in [0.2, 0.25) is 0 Å². The molecule has 1 aliphatic heterocycles. The summed E-state index contributed by atoms with van der Waals surface area (Å²) in [6.45, 7) is 2.58. The van der Waals surface area contributed by atoms with Crippen molar-refractivity contribution in [1.82, 2.24) is 15.5 Å². The number of aromatic amines is 1. The van der Waals surface area contributed by atoms with Crippen LogP contribution in [0.15, 0.2) is 35.7 Å². The Morgan fingerprint density at radius 1 is 1.27 bits per heavy atom. The number of alkyl carbamates (subject to hydrolysis) is 1. The number of rotatable bonds is 0. The van der Waals surface area contributed by atoms with Crippen molar-refractivity contribution in [3.63, 3.8) is 0 Å². The molecule has 2 aliphatic rings. The Labute approximate surface area is 149 Å². The van der Waals surface area contributed by atoms with Gasteiger partial charge in [0.25, 0.3) is 0 Å². The van der Waals surface area contributed by atoms with Crippen molar-refractivity contribution in [2.24, 2.45) is 0 Å². The Balaban J connectivity index is 1.96. The summed E-state index contributed by atoms with van der Waals surface area (Å²) in [6, 6.07) is 3.76. The first-order valence-electron chi connectivity index (χ1n) is 8.47. The second-order valence-electron chi connectivity index (χ2n) is 6.19. The third-order valence-electron chi connectivity index (χ3n) is 4.38. The van der Waals surface area contributed by atoms with Gasteiger partial charge in [-0.25, -0.2) is 9.18 Å². The van der Waals surface area contributed by atoms with Gasteiger partial charge in [-0.15, -0.1) is 0 Å². The van der Waals surface area contributed by atoms with Crippen LogP contribution in [0, 0.1) is 0 Å².